The maximum atomic E-state index is 10.2. The van der Waals surface area contributed by atoms with Crippen molar-refractivity contribution in [1.29, 1.82) is 0 Å². The van der Waals surface area contributed by atoms with E-state index in [9.17, 15) is 4.57 Å². The van der Waals surface area contributed by atoms with Gasteiger partial charge in [-0.1, -0.05) is 0 Å². The highest BCUT2D eigenvalue weighted by atomic mass is 31.1. The van der Waals surface area contributed by atoms with Gasteiger partial charge < -0.3 is 0 Å². The van der Waals surface area contributed by atoms with E-state index in [0.29, 0.717) is 0 Å². The molecule has 1 heterocycles. The molecule has 1 unspecified atom stereocenters. The van der Waals surface area contributed by atoms with Crippen LogP contribution < -0.4 is 10.6 Å². The van der Waals surface area contributed by atoms with E-state index in [4.69, 9.17) is 4.52 Å². The minimum atomic E-state index is -1.14. The molecule has 0 radical (unpaired) electrons. The first-order chi connectivity index (χ1) is 4.77. The maximum Gasteiger partial charge on any atom is 0.182 e. The first kappa shape index (κ1) is 8.21. The zero-order valence-corrected chi connectivity index (χ0v) is 7.17. The van der Waals surface area contributed by atoms with Gasteiger partial charge in [-0.2, -0.15) is 0 Å². The molecular formula is C5H13N2O2P. The lowest BCUT2D eigenvalue weighted by atomic mass is 10.3. The minimum Gasteiger partial charge on any atom is -0.300 e. The molecule has 1 saturated heterocycles. The molecule has 10 heavy (non-hydrogen) atoms. The largest absolute Gasteiger partial charge is 0.300 e. The van der Waals surface area contributed by atoms with E-state index in [1.54, 1.807) is 0 Å². The van der Waals surface area contributed by atoms with Crippen LogP contribution >= 0.6 is 8.69 Å². The fourth-order valence-corrected chi connectivity index (χ4v) is 1.34. The molecule has 5 heteroatoms. The van der Waals surface area contributed by atoms with Crippen LogP contribution in [0.2, 0.25) is 0 Å². The number of hydrogen-bond donors (Lipinski definition) is 2. The van der Waals surface area contributed by atoms with Crippen LogP contribution in [0.5, 0.6) is 0 Å². The maximum absolute atomic E-state index is 10.2. The zero-order chi connectivity index (χ0) is 7.45. The van der Waals surface area contributed by atoms with Crippen molar-refractivity contribution >= 4 is 8.69 Å². The van der Waals surface area contributed by atoms with Crippen LogP contribution in [0.3, 0.4) is 0 Å². The molecule has 0 aromatic rings. The highest BCUT2D eigenvalue weighted by Crippen LogP contribution is 2.12. The molecule has 0 aliphatic carbocycles. The zero-order valence-electron chi connectivity index (χ0n) is 6.02. The summed E-state index contributed by atoms with van der Waals surface area (Å²) in [6, 6.07) is 0. The second-order valence-corrected chi connectivity index (χ2v) is 2.88. The lowest BCUT2D eigenvalue weighted by Crippen LogP contribution is -2.59. The molecule has 4 nitrogen and oxygen atoms in total. The van der Waals surface area contributed by atoms with Crippen molar-refractivity contribution < 1.29 is 9.09 Å². The first-order valence-corrected chi connectivity index (χ1v) is 4.33. The SMILES string of the molecule is CC1(O[PH2]=O)NCCCN1. The van der Waals surface area contributed by atoms with E-state index in [1.807, 2.05) is 6.92 Å². The molecule has 0 bridgehead atoms. The van der Waals surface area contributed by atoms with Gasteiger partial charge in [0.2, 0.25) is 0 Å². The number of rotatable bonds is 2. The molecule has 1 rings (SSSR count). The highest BCUT2D eigenvalue weighted by molar-refractivity contribution is 7.17. The summed E-state index contributed by atoms with van der Waals surface area (Å²) in [4.78, 5) is 0. The standard InChI is InChI=1S/C5H13N2O2P/c1-5(9-10-8)6-3-2-4-7-5/h6-7H,2-4,10H2,1H3. The fourth-order valence-electron chi connectivity index (χ4n) is 0.984. The summed E-state index contributed by atoms with van der Waals surface area (Å²) in [5.74, 6) is -0.546. The van der Waals surface area contributed by atoms with Gasteiger partial charge in [-0.15, -0.1) is 0 Å². The second kappa shape index (κ2) is 3.49. The fraction of sp³-hybridized carbons (Fsp3) is 1.00. The molecule has 1 aliphatic rings. The number of hydrogen-bond acceptors (Lipinski definition) is 4. The topological polar surface area (TPSA) is 50.4 Å². The Bertz CT molecular complexity index is 125. The molecule has 1 fully saturated rings. The predicted molar refractivity (Wildman–Crippen MR) is 40.5 cm³/mol. The third-order valence-electron chi connectivity index (χ3n) is 1.56. The van der Waals surface area contributed by atoms with Crippen molar-refractivity contribution in [1.82, 2.24) is 10.6 Å². The Hall–Kier alpha value is 0.110. The molecule has 0 saturated carbocycles. The van der Waals surface area contributed by atoms with Crippen molar-refractivity contribution in [3.63, 3.8) is 0 Å². The quantitative estimate of drug-likeness (QED) is 0.561. The van der Waals surface area contributed by atoms with E-state index < -0.39 is 14.5 Å². The van der Waals surface area contributed by atoms with Gasteiger partial charge in [-0.3, -0.25) is 19.7 Å². The Labute approximate surface area is 61.6 Å². The van der Waals surface area contributed by atoms with Gasteiger partial charge in [-0.25, -0.2) is 0 Å². The van der Waals surface area contributed by atoms with Crippen molar-refractivity contribution in [2.24, 2.45) is 0 Å². The Morgan fingerprint density at radius 3 is 2.60 bits per heavy atom. The van der Waals surface area contributed by atoms with Crippen LogP contribution in [0.1, 0.15) is 13.3 Å². The molecule has 0 spiro atoms. The Morgan fingerprint density at radius 1 is 1.50 bits per heavy atom. The summed E-state index contributed by atoms with van der Waals surface area (Å²) >= 11 is 0. The summed E-state index contributed by atoms with van der Waals surface area (Å²) < 4.78 is 15.2. The van der Waals surface area contributed by atoms with Gasteiger partial charge in [0.05, 0.1) is 0 Å². The molecule has 1 atom stereocenters. The molecule has 0 amide bonds. The Morgan fingerprint density at radius 2 is 2.10 bits per heavy atom. The average molecular weight is 164 g/mol. The van der Waals surface area contributed by atoms with Gasteiger partial charge in [-0.05, 0) is 13.3 Å². The Kier molecular flexibility index (Phi) is 2.86. The van der Waals surface area contributed by atoms with Crippen molar-refractivity contribution in [2.45, 2.75) is 19.2 Å². The first-order valence-electron chi connectivity index (χ1n) is 3.38. The van der Waals surface area contributed by atoms with Crippen molar-refractivity contribution in [2.75, 3.05) is 13.1 Å². The highest BCUT2D eigenvalue weighted by Gasteiger charge is 2.25. The van der Waals surface area contributed by atoms with Gasteiger partial charge in [0.25, 0.3) is 0 Å². The van der Waals surface area contributed by atoms with Crippen LogP contribution in [0.4, 0.5) is 0 Å². The summed E-state index contributed by atoms with van der Waals surface area (Å²) in [6.45, 7) is 3.68. The van der Waals surface area contributed by atoms with E-state index in [-0.39, 0.29) is 0 Å². The van der Waals surface area contributed by atoms with Crippen LogP contribution in [-0.2, 0) is 9.09 Å². The summed E-state index contributed by atoms with van der Waals surface area (Å²) in [7, 11) is -1.14. The van der Waals surface area contributed by atoms with Crippen molar-refractivity contribution in [3.8, 4) is 0 Å². The molecule has 0 aromatic heterocycles. The molecular weight excluding hydrogens is 151 g/mol. The average Bonchev–Trinajstić information content (AvgIpc) is 1.89. The lowest BCUT2D eigenvalue weighted by Gasteiger charge is -2.33. The van der Waals surface area contributed by atoms with Crippen molar-refractivity contribution in [3.05, 3.63) is 0 Å². The van der Waals surface area contributed by atoms with Crippen LogP contribution in [0.25, 0.3) is 0 Å². The second-order valence-electron chi connectivity index (χ2n) is 2.45. The van der Waals surface area contributed by atoms with Crippen LogP contribution in [0.15, 0.2) is 0 Å². The summed E-state index contributed by atoms with van der Waals surface area (Å²) in [6.07, 6.45) is 1.09. The van der Waals surface area contributed by atoms with Gasteiger partial charge in [0.1, 0.15) is 0 Å². The predicted octanol–water partition coefficient (Wildman–Crippen LogP) is -0.0691. The van der Waals surface area contributed by atoms with Crippen LogP contribution in [-0.4, -0.2) is 18.9 Å². The summed E-state index contributed by atoms with van der Waals surface area (Å²) in [5.41, 5.74) is 0. The van der Waals surface area contributed by atoms with Crippen LogP contribution in [0, 0.1) is 0 Å². The lowest BCUT2D eigenvalue weighted by molar-refractivity contribution is 0.0147. The molecule has 0 aromatic carbocycles. The third kappa shape index (κ3) is 2.06. The Balaban J connectivity index is 2.39. The smallest absolute Gasteiger partial charge is 0.182 e. The normalized spacial score (nSPS) is 25.7. The van der Waals surface area contributed by atoms with Gasteiger partial charge >= 0.3 is 0 Å². The number of nitrogens with one attached hydrogen (secondary N) is 2. The van der Waals surface area contributed by atoms with Gasteiger partial charge in [0, 0.05) is 13.1 Å². The third-order valence-corrected chi connectivity index (χ3v) is 2.13. The van der Waals surface area contributed by atoms with E-state index >= 15 is 0 Å². The summed E-state index contributed by atoms with van der Waals surface area (Å²) in [5, 5.41) is 6.17. The molecule has 1 aliphatic heterocycles. The minimum absolute atomic E-state index is 0.546. The van der Waals surface area contributed by atoms with E-state index in [2.05, 4.69) is 10.6 Å². The molecule has 60 valence electrons. The monoisotopic (exact) mass is 164 g/mol. The van der Waals surface area contributed by atoms with E-state index in [0.717, 1.165) is 19.5 Å². The van der Waals surface area contributed by atoms with Gasteiger partial charge in [0.15, 0.2) is 14.5 Å². The van der Waals surface area contributed by atoms with E-state index in [1.165, 1.54) is 0 Å². The molecule has 2 N–H and O–H groups in total.